The van der Waals surface area contributed by atoms with Gasteiger partial charge in [-0.1, -0.05) is 0 Å². The molecule has 0 saturated carbocycles. The van der Waals surface area contributed by atoms with Gasteiger partial charge in [0, 0.05) is 21.1 Å². The van der Waals surface area contributed by atoms with Crippen LogP contribution < -0.4 is 5.32 Å². The number of methoxy groups -OCH3 is 1. The Bertz CT molecular complexity index is 332. The number of nitrogens with one attached hydrogen (secondary N) is 1. The second-order valence-corrected chi connectivity index (χ2v) is 4.37. The van der Waals surface area contributed by atoms with E-state index in [0.717, 1.165) is 0 Å². The van der Waals surface area contributed by atoms with Gasteiger partial charge in [-0.15, -0.1) is 0 Å². The van der Waals surface area contributed by atoms with Crippen molar-refractivity contribution in [3.63, 3.8) is 0 Å². The first kappa shape index (κ1) is 12.3. The fourth-order valence-corrected chi connectivity index (χ4v) is 2.71. The first-order chi connectivity index (χ1) is 8.08. The molecule has 2 aliphatic heterocycles. The molecule has 0 aromatic heterocycles. The van der Waals surface area contributed by atoms with Crippen molar-refractivity contribution in [2.75, 3.05) is 14.2 Å². The number of hydrogen-bond donors (Lipinski definition) is 1. The van der Waals surface area contributed by atoms with E-state index in [0.29, 0.717) is 6.42 Å². The summed E-state index contributed by atoms with van der Waals surface area (Å²) in [5.74, 6) is -0.728. The number of esters is 1. The van der Waals surface area contributed by atoms with Gasteiger partial charge in [0.25, 0.3) is 0 Å². The molecule has 0 spiro atoms. The molecular formula is C11H17NO5. The zero-order chi connectivity index (χ0) is 12.6. The van der Waals surface area contributed by atoms with Crippen molar-refractivity contribution in [2.24, 2.45) is 5.92 Å². The fraction of sp³-hybridized carbons (Fsp3) is 0.818. The Morgan fingerprint density at radius 3 is 2.59 bits per heavy atom. The van der Waals surface area contributed by atoms with Crippen LogP contribution in [0.15, 0.2) is 0 Å². The van der Waals surface area contributed by atoms with Gasteiger partial charge in [-0.05, 0) is 6.42 Å². The van der Waals surface area contributed by atoms with Crippen LogP contribution >= 0.6 is 0 Å². The summed E-state index contributed by atoms with van der Waals surface area (Å²) in [6, 6.07) is 0. The molecule has 2 saturated heterocycles. The maximum Gasteiger partial charge on any atom is 0.303 e. The van der Waals surface area contributed by atoms with E-state index in [1.165, 1.54) is 6.92 Å². The van der Waals surface area contributed by atoms with Gasteiger partial charge in [-0.3, -0.25) is 9.59 Å². The standard InChI is InChI=1S/C11H17NO5/c1-5(13)16-10-8-6(11(14)12-2)4-7(17-8)9(10)15-3/h6-10H,4H2,1-3H3,(H,12,14)/t6?,7?,8-,9?,10+/m0/s1. The lowest BCUT2D eigenvalue weighted by molar-refractivity contribution is -0.158. The third-order valence-corrected chi connectivity index (χ3v) is 3.39. The smallest absolute Gasteiger partial charge is 0.303 e. The molecule has 3 unspecified atom stereocenters. The van der Waals surface area contributed by atoms with Gasteiger partial charge in [0.05, 0.1) is 12.0 Å². The molecule has 1 amide bonds. The number of ether oxygens (including phenoxy) is 3. The van der Waals surface area contributed by atoms with Crippen molar-refractivity contribution >= 4 is 11.9 Å². The molecule has 2 heterocycles. The topological polar surface area (TPSA) is 73.9 Å². The molecule has 6 nitrogen and oxygen atoms in total. The summed E-state index contributed by atoms with van der Waals surface area (Å²) >= 11 is 0. The van der Waals surface area contributed by atoms with Gasteiger partial charge < -0.3 is 19.5 Å². The Morgan fingerprint density at radius 1 is 1.35 bits per heavy atom. The number of hydrogen-bond acceptors (Lipinski definition) is 5. The van der Waals surface area contributed by atoms with E-state index in [2.05, 4.69) is 5.32 Å². The van der Waals surface area contributed by atoms with Crippen molar-refractivity contribution < 1.29 is 23.8 Å². The van der Waals surface area contributed by atoms with E-state index in [1.807, 2.05) is 0 Å². The largest absolute Gasteiger partial charge is 0.457 e. The van der Waals surface area contributed by atoms with E-state index >= 15 is 0 Å². The molecule has 5 atom stereocenters. The number of rotatable bonds is 3. The van der Waals surface area contributed by atoms with E-state index in [4.69, 9.17) is 14.2 Å². The normalized spacial score (nSPS) is 39.1. The van der Waals surface area contributed by atoms with E-state index < -0.39 is 12.2 Å². The summed E-state index contributed by atoms with van der Waals surface area (Å²) < 4.78 is 16.2. The molecule has 96 valence electrons. The summed E-state index contributed by atoms with van der Waals surface area (Å²) in [5.41, 5.74) is 0. The third kappa shape index (κ3) is 2.02. The van der Waals surface area contributed by atoms with Gasteiger partial charge >= 0.3 is 5.97 Å². The highest BCUT2D eigenvalue weighted by Gasteiger charge is 2.58. The highest BCUT2D eigenvalue weighted by molar-refractivity contribution is 5.79. The van der Waals surface area contributed by atoms with Gasteiger partial charge in [-0.25, -0.2) is 0 Å². The van der Waals surface area contributed by atoms with Crippen molar-refractivity contribution in [1.29, 1.82) is 0 Å². The van der Waals surface area contributed by atoms with Gasteiger partial charge in [0.1, 0.15) is 12.2 Å². The average molecular weight is 243 g/mol. The Kier molecular flexibility index (Phi) is 3.35. The maximum atomic E-state index is 11.7. The van der Waals surface area contributed by atoms with Crippen LogP contribution in [0.3, 0.4) is 0 Å². The zero-order valence-corrected chi connectivity index (χ0v) is 10.1. The number of carbonyl (C=O) groups is 2. The van der Waals surface area contributed by atoms with Gasteiger partial charge in [0.2, 0.25) is 5.91 Å². The van der Waals surface area contributed by atoms with E-state index in [-0.39, 0.29) is 30.0 Å². The Morgan fingerprint density at radius 2 is 2.06 bits per heavy atom. The Hall–Kier alpha value is -1.14. The van der Waals surface area contributed by atoms with Crippen molar-refractivity contribution in [3.05, 3.63) is 0 Å². The van der Waals surface area contributed by atoms with Crippen molar-refractivity contribution in [3.8, 4) is 0 Å². The van der Waals surface area contributed by atoms with Gasteiger partial charge in [0.15, 0.2) is 6.10 Å². The predicted octanol–water partition coefficient (Wildman–Crippen LogP) is -0.534. The summed E-state index contributed by atoms with van der Waals surface area (Å²) in [6.07, 6.45) is -0.713. The Balaban J connectivity index is 2.13. The van der Waals surface area contributed by atoms with Crippen LogP contribution in [-0.4, -0.2) is 50.4 Å². The van der Waals surface area contributed by atoms with Crippen LogP contribution in [0.4, 0.5) is 0 Å². The molecule has 6 heteroatoms. The zero-order valence-electron chi connectivity index (χ0n) is 10.1. The quantitative estimate of drug-likeness (QED) is 0.674. The van der Waals surface area contributed by atoms with E-state index in [1.54, 1.807) is 14.2 Å². The van der Waals surface area contributed by atoms with Crippen LogP contribution in [0.1, 0.15) is 13.3 Å². The van der Waals surface area contributed by atoms with Crippen LogP contribution in [0, 0.1) is 5.92 Å². The van der Waals surface area contributed by atoms with Crippen LogP contribution in [-0.2, 0) is 23.8 Å². The minimum atomic E-state index is -0.487. The third-order valence-electron chi connectivity index (χ3n) is 3.39. The second-order valence-electron chi connectivity index (χ2n) is 4.37. The van der Waals surface area contributed by atoms with E-state index in [9.17, 15) is 9.59 Å². The molecule has 2 rings (SSSR count). The first-order valence-corrected chi connectivity index (χ1v) is 5.65. The van der Waals surface area contributed by atoms with Crippen molar-refractivity contribution in [1.82, 2.24) is 5.32 Å². The molecule has 0 radical (unpaired) electrons. The first-order valence-electron chi connectivity index (χ1n) is 5.65. The molecule has 0 aromatic carbocycles. The summed E-state index contributed by atoms with van der Waals surface area (Å²) in [5, 5.41) is 2.60. The minimum Gasteiger partial charge on any atom is -0.457 e. The number of carbonyl (C=O) groups excluding carboxylic acids is 2. The SMILES string of the molecule is CNC(=O)C1CC2O[C@@H]1[C@@H](OC(C)=O)C2OC. The van der Waals surface area contributed by atoms with Crippen molar-refractivity contribution in [2.45, 2.75) is 37.8 Å². The lowest BCUT2D eigenvalue weighted by atomic mass is 9.84. The van der Waals surface area contributed by atoms with Crippen LogP contribution in [0.25, 0.3) is 0 Å². The molecule has 1 N–H and O–H groups in total. The van der Waals surface area contributed by atoms with Crippen LogP contribution in [0.2, 0.25) is 0 Å². The highest BCUT2D eigenvalue weighted by atomic mass is 16.6. The molecule has 17 heavy (non-hydrogen) atoms. The van der Waals surface area contributed by atoms with Crippen LogP contribution in [0.5, 0.6) is 0 Å². The second kappa shape index (κ2) is 4.62. The average Bonchev–Trinajstić information content (AvgIpc) is 2.84. The molecule has 2 bridgehead atoms. The monoisotopic (exact) mass is 243 g/mol. The fourth-order valence-electron chi connectivity index (χ4n) is 2.71. The summed E-state index contributed by atoms with van der Waals surface area (Å²) in [7, 11) is 3.14. The predicted molar refractivity (Wildman–Crippen MR) is 57.2 cm³/mol. The lowest BCUT2D eigenvalue weighted by Crippen LogP contribution is -2.49. The number of fused-ring (bicyclic) bond motifs is 2. The molecule has 0 aromatic rings. The molecule has 0 aliphatic carbocycles. The Labute approximate surface area is 99.6 Å². The molecular weight excluding hydrogens is 226 g/mol. The minimum absolute atomic E-state index is 0.0794. The highest BCUT2D eigenvalue weighted by Crippen LogP contribution is 2.42. The van der Waals surface area contributed by atoms with Gasteiger partial charge in [-0.2, -0.15) is 0 Å². The summed E-state index contributed by atoms with van der Waals surface area (Å²) in [4.78, 5) is 22.7. The molecule has 2 fully saturated rings. The maximum absolute atomic E-state index is 11.7. The summed E-state index contributed by atoms with van der Waals surface area (Å²) in [6.45, 7) is 1.34. The lowest BCUT2D eigenvalue weighted by Gasteiger charge is -2.30. The number of amides is 1. The molecule has 2 aliphatic rings.